The highest BCUT2D eigenvalue weighted by atomic mass is 32.3. The lowest BCUT2D eigenvalue weighted by Crippen LogP contribution is -2.19. The SMILES string of the molecule is O=S(=O)(O)O.SCCNCCCCOC1CCCCCCC1. The fraction of sp³-hybridized carbons (Fsp3) is 1.00. The Balaban J connectivity index is 0.000000763. The Kier molecular flexibility index (Phi) is 14.8. The Morgan fingerprint density at radius 2 is 1.55 bits per heavy atom. The third kappa shape index (κ3) is 20.1. The van der Waals surface area contributed by atoms with Crippen LogP contribution in [0.1, 0.15) is 57.8 Å². The van der Waals surface area contributed by atoms with Crippen LogP contribution in [0.4, 0.5) is 0 Å². The average Bonchev–Trinajstić information content (AvgIpc) is 2.37. The average molecular weight is 358 g/mol. The van der Waals surface area contributed by atoms with E-state index in [0.717, 1.165) is 25.4 Å². The Labute approximate surface area is 140 Å². The van der Waals surface area contributed by atoms with E-state index < -0.39 is 10.4 Å². The van der Waals surface area contributed by atoms with E-state index in [4.69, 9.17) is 22.3 Å². The van der Waals surface area contributed by atoms with Crippen molar-refractivity contribution < 1.29 is 22.3 Å². The first-order valence-corrected chi connectivity index (χ1v) is 10.1. The van der Waals surface area contributed by atoms with Gasteiger partial charge in [-0.1, -0.05) is 32.1 Å². The molecule has 22 heavy (non-hydrogen) atoms. The summed E-state index contributed by atoms with van der Waals surface area (Å²) in [5.41, 5.74) is 0. The number of hydrogen-bond acceptors (Lipinski definition) is 5. The molecule has 8 heteroatoms. The van der Waals surface area contributed by atoms with E-state index in [0.29, 0.717) is 6.10 Å². The normalized spacial score (nSPS) is 17.2. The van der Waals surface area contributed by atoms with Crippen molar-refractivity contribution in [2.45, 2.75) is 63.9 Å². The van der Waals surface area contributed by atoms with Crippen LogP contribution in [-0.2, 0) is 15.1 Å². The number of nitrogens with one attached hydrogen (secondary N) is 1. The van der Waals surface area contributed by atoms with Crippen molar-refractivity contribution in [2.75, 3.05) is 25.4 Å². The van der Waals surface area contributed by atoms with Crippen LogP contribution in [0.5, 0.6) is 0 Å². The summed E-state index contributed by atoms with van der Waals surface area (Å²) in [7, 11) is -4.67. The molecule has 0 aromatic rings. The summed E-state index contributed by atoms with van der Waals surface area (Å²) >= 11 is 4.17. The van der Waals surface area contributed by atoms with Gasteiger partial charge in [-0.2, -0.15) is 21.0 Å². The first-order valence-electron chi connectivity index (χ1n) is 8.06. The third-order valence-corrected chi connectivity index (χ3v) is 3.67. The van der Waals surface area contributed by atoms with Crippen molar-refractivity contribution in [3.63, 3.8) is 0 Å². The minimum atomic E-state index is -4.67. The van der Waals surface area contributed by atoms with E-state index in [9.17, 15) is 0 Å². The summed E-state index contributed by atoms with van der Waals surface area (Å²) in [6.45, 7) is 3.08. The fourth-order valence-electron chi connectivity index (χ4n) is 2.39. The molecule has 0 radical (unpaired) electrons. The number of unbranched alkanes of at least 4 members (excludes halogenated alkanes) is 1. The minimum Gasteiger partial charge on any atom is -0.378 e. The summed E-state index contributed by atoms with van der Waals surface area (Å²) in [5.74, 6) is 0.929. The molecular weight excluding hydrogens is 326 g/mol. The van der Waals surface area contributed by atoms with Gasteiger partial charge in [0.1, 0.15) is 0 Å². The van der Waals surface area contributed by atoms with Gasteiger partial charge in [0.15, 0.2) is 0 Å². The second-order valence-electron chi connectivity index (χ2n) is 5.47. The van der Waals surface area contributed by atoms with Gasteiger partial charge in [-0.15, -0.1) is 0 Å². The predicted octanol–water partition coefficient (Wildman–Crippen LogP) is 2.76. The van der Waals surface area contributed by atoms with E-state index in [1.165, 1.54) is 57.8 Å². The second-order valence-corrected chi connectivity index (χ2v) is 6.81. The van der Waals surface area contributed by atoms with Crippen LogP contribution in [0.3, 0.4) is 0 Å². The topological polar surface area (TPSA) is 95.9 Å². The molecule has 1 fully saturated rings. The van der Waals surface area contributed by atoms with Gasteiger partial charge in [0.2, 0.25) is 0 Å². The molecule has 1 rings (SSSR count). The summed E-state index contributed by atoms with van der Waals surface area (Å²) < 4.78 is 37.6. The molecule has 0 amide bonds. The quantitative estimate of drug-likeness (QED) is 0.303. The summed E-state index contributed by atoms with van der Waals surface area (Å²) in [6.07, 6.45) is 12.5. The van der Waals surface area contributed by atoms with E-state index in [2.05, 4.69) is 17.9 Å². The van der Waals surface area contributed by atoms with Gasteiger partial charge < -0.3 is 10.1 Å². The molecule has 1 aliphatic rings. The maximum absolute atomic E-state index is 8.74. The number of thiol groups is 1. The van der Waals surface area contributed by atoms with E-state index in [1.807, 2.05) is 0 Å². The zero-order valence-electron chi connectivity index (χ0n) is 13.2. The maximum atomic E-state index is 8.74. The molecule has 0 unspecified atom stereocenters. The first-order chi connectivity index (χ1) is 10.4. The molecule has 0 heterocycles. The minimum absolute atomic E-state index is 0.556. The van der Waals surface area contributed by atoms with Gasteiger partial charge in [0.25, 0.3) is 0 Å². The van der Waals surface area contributed by atoms with Crippen LogP contribution in [0.2, 0.25) is 0 Å². The lowest BCUT2D eigenvalue weighted by Gasteiger charge is -2.20. The lowest BCUT2D eigenvalue weighted by molar-refractivity contribution is 0.0335. The number of hydrogen-bond donors (Lipinski definition) is 4. The Morgan fingerprint density at radius 3 is 2.09 bits per heavy atom. The number of rotatable bonds is 8. The summed E-state index contributed by atoms with van der Waals surface area (Å²) in [4.78, 5) is 0. The molecule has 0 aliphatic heterocycles. The van der Waals surface area contributed by atoms with Crippen molar-refractivity contribution in [1.82, 2.24) is 5.32 Å². The van der Waals surface area contributed by atoms with Crippen LogP contribution >= 0.6 is 12.6 Å². The van der Waals surface area contributed by atoms with E-state index in [-0.39, 0.29) is 0 Å². The Bertz CT molecular complexity index is 322. The largest absolute Gasteiger partial charge is 0.394 e. The predicted molar refractivity (Wildman–Crippen MR) is 92.2 cm³/mol. The second kappa shape index (κ2) is 14.7. The molecule has 1 aliphatic carbocycles. The molecule has 134 valence electrons. The van der Waals surface area contributed by atoms with Crippen LogP contribution in [0.25, 0.3) is 0 Å². The molecule has 1 saturated carbocycles. The number of ether oxygens (including phenoxy) is 1. The van der Waals surface area contributed by atoms with Crippen molar-refractivity contribution >= 4 is 23.0 Å². The van der Waals surface area contributed by atoms with Gasteiger partial charge in [0, 0.05) is 18.9 Å². The molecule has 0 aromatic heterocycles. The van der Waals surface area contributed by atoms with Crippen molar-refractivity contribution in [3.8, 4) is 0 Å². The zero-order chi connectivity index (χ0) is 16.7. The van der Waals surface area contributed by atoms with Crippen molar-refractivity contribution in [3.05, 3.63) is 0 Å². The van der Waals surface area contributed by atoms with Gasteiger partial charge in [-0.3, -0.25) is 9.11 Å². The van der Waals surface area contributed by atoms with E-state index >= 15 is 0 Å². The van der Waals surface area contributed by atoms with Gasteiger partial charge in [-0.05, 0) is 32.2 Å². The standard InChI is InChI=1S/C14H29NOS.H2O4S/c17-13-11-15-10-6-7-12-16-14-8-4-2-1-3-5-9-14;1-5(2,3)4/h14-15,17H,1-13H2;(H2,1,2,3,4). The Hall–Kier alpha value is 0.140. The lowest BCUT2D eigenvalue weighted by atomic mass is 9.98. The van der Waals surface area contributed by atoms with Crippen LogP contribution in [0, 0.1) is 0 Å². The zero-order valence-corrected chi connectivity index (χ0v) is 15.0. The highest BCUT2D eigenvalue weighted by Gasteiger charge is 2.10. The highest BCUT2D eigenvalue weighted by Crippen LogP contribution is 2.19. The monoisotopic (exact) mass is 357 g/mol. The summed E-state index contributed by atoms with van der Waals surface area (Å²) in [5, 5.41) is 3.36. The molecule has 0 saturated heterocycles. The molecule has 0 atom stereocenters. The van der Waals surface area contributed by atoms with Gasteiger partial charge in [0.05, 0.1) is 6.10 Å². The third-order valence-electron chi connectivity index (χ3n) is 3.44. The molecule has 0 aromatic carbocycles. The van der Waals surface area contributed by atoms with Gasteiger partial charge in [-0.25, -0.2) is 0 Å². The van der Waals surface area contributed by atoms with Crippen LogP contribution in [-0.4, -0.2) is 49.1 Å². The molecular formula is C14H31NO5S2. The Morgan fingerprint density at radius 1 is 1.00 bits per heavy atom. The first kappa shape index (κ1) is 22.1. The summed E-state index contributed by atoms with van der Waals surface area (Å²) in [6, 6.07) is 0. The fourth-order valence-corrected chi connectivity index (χ4v) is 2.55. The van der Waals surface area contributed by atoms with Crippen LogP contribution in [0.15, 0.2) is 0 Å². The van der Waals surface area contributed by atoms with Crippen molar-refractivity contribution in [1.29, 1.82) is 0 Å². The molecule has 6 nitrogen and oxygen atoms in total. The van der Waals surface area contributed by atoms with E-state index in [1.54, 1.807) is 0 Å². The smallest absolute Gasteiger partial charge is 0.378 e. The molecule has 0 bridgehead atoms. The van der Waals surface area contributed by atoms with Crippen molar-refractivity contribution in [2.24, 2.45) is 0 Å². The highest BCUT2D eigenvalue weighted by molar-refractivity contribution is 7.80. The molecule has 0 spiro atoms. The maximum Gasteiger partial charge on any atom is 0.394 e. The van der Waals surface area contributed by atoms with Crippen LogP contribution < -0.4 is 5.32 Å². The van der Waals surface area contributed by atoms with Gasteiger partial charge >= 0.3 is 10.4 Å². The molecule has 3 N–H and O–H groups in total.